The Bertz CT molecular complexity index is 1140. The number of rotatable bonds is 10. The van der Waals surface area contributed by atoms with E-state index in [4.69, 9.17) is 9.47 Å². The van der Waals surface area contributed by atoms with Crippen LogP contribution in [0.2, 0.25) is 0 Å². The molecule has 1 N–H and O–H groups in total. The fraction of sp³-hybridized carbons (Fsp3) is 0.269. The highest BCUT2D eigenvalue weighted by molar-refractivity contribution is 8.18. The van der Waals surface area contributed by atoms with Crippen molar-refractivity contribution in [2.24, 2.45) is 0 Å². The molecule has 1 fully saturated rings. The highest BCUT2D eigenvalue weighted by Gasteiger charge is 2.36. The third kappa shape index (κ3) is 5.88. The zero-order chi connectivity index (χ0) is 24.7. The number of hydrogen-bond donors (Lipinski definition) is 1. The average Bonchev–Trinajstić information content (AvgIpc) is 3.05. The van der Waals surface area contributed by atoms with E-state index in [-0.39, 0.29) is 11.4 Å². The minimum atomic E-state index is -0.507. The predicted molar refractivity (Wildman–Crippen MR) is 135 cm³/mol. The Morgan fingerprint density at radius 3 is 2.56 bits per heavy atom. The molecule has 8 heteroatoms. The molecule has 1 heterocycles. The molecule has 3 amide bonds. The summed E-state index contributed by atoms with van der Waals surface area (Å²) in [4.78, 5) is 39.1. The smallest absolute Gasteiger partial charge is 0.294 e. The number of aryl methyl sites for hydroxylation is 1. The zero-order valence-corrected chi connectivity index (χ0v) is 20.4. The van der Waals surface area contributed by atoms with Crippen LogP contribution >= 0.6 is 11.8 Å². The molecule has 0 aromatic heterocycles. The van der Waals surface area contributed by atoms with Gasteiger partial charge in [-0.2, -0.15) is 0 Å². The van der Waals surface area contributed by atoms with Crippen LogP contribution in [-0.2, 0) is 16.0 Å². The largest absolute Gasteiger partial charge is 0.490 e. The molecular weight excluding hydrogens is 452 g/mol. The summed E-state index contributed by atoms with van der Waals surface area (Å²) in [6.07, 6.45) is 3.95. The lowest BCUT2D eigenvalue weighted by Gasteiger charge is -2.16. The van der Waals surface area contributed by atoms with Gasteiger partial charge in [-0.25, -0.2) is 0 Å². The number of carbonyl (C=O) groups is 3. The molecule has 178 valence electrons. The van der Waals surface area contributed by atoms with Crippen LogP contribution in [0.3, 0.4) is 0 Å². The molecule has 1 aliphatic rings. The molecule has 0 atom stereocenters. The molecule has 0 aliphatic carbocycles. The monoisotopic (exact) mass is 480 g/mol. The van der Waals surface area contributed by atoms with E-state index in [1.54, 1.807) is 30.4 Å². The van der Waals surface area contributed by atoms with Crippen LogP contribution in [-0.4, -0.2) is 41.7 Å². The number of hydrogen-bond acceptors (Lipinski definition) is 6. The molecule has 0 saturated carbocycles. The third-order valence-electron chi connectivity index (χ3n) is 5.00. The molecule has 0 unspecified atom stereocenters. The van der Waals surface area contributed by atoms with E-state index in [0.29, 0.717) is 42.4 Å². The van der Waals surface area contributed by atoms with E-state index in [9.17, 15) is 14.4 Å². The van der Waals surface area contributed by atoms with E-state index in [2.05, 4.69) is 11.9 Å². The van der Waals surface area contributed by atoms with Crippen molar-refractivity contribution in [3.05, 3.63) is 70.6 Å². The van der Waals surface area contributed by atoms with Gasteiger partial charge in [-0.15, -0.1) is 6.58 Å². The SMILES string of the molecule is C=CCc1cc(/C=C2/SC(=O)N(CC(=O)Nc3ccccc3C)C2=O)cc(OCC)c1OCC. The van der Waals surface area contributed by atoms with E-state index in [0.717, 1.165) is 27.8 Å². The molecule has 3 rings (SSSR count). The molecule has 1 aliphatic heterocycles. The van der Waals surface area contributed by atoms with E-state index < -0.39 is 17.1 Å². The topological polar surface area (TPSA) is 84.9 Å². The number of nitrogens with zero attached hydrogens (tertiary/aromatic N) is 1. The zero-order valence-electron chi connectivity index (χ0n) is 19.6. The van der Waals surface area contributed by atoms with Gasteiger partial charge in [-0.1, -0.05) is 24.3 Å². The van der Waals surface area contributed by atoms with Crippen molar-refractivity contribution < 1.29 is 23.9 Å². The summed E-state index contributed by atoms with van der Waals surface area (Å²) in [6.45, 7) is 10.0. The van der Waals surface area contributed by atoms with Gasteiger partial charge in [0.05, 0.1) is 18.1 Å². The fourth-order valence-corrected chi connectivity index (χ4v) is 4.32. The number of allylic oxidation sites excluding steroid dienone is 1. The van der Waals surface area contributed by atoms with Crippen molar-refractivity contribution in [2.45, 2.75) is 27.2 Å². The van der Waals surface area contributed by atoms with Crippen molar-refractivity contribution in [1.82, 2.24) is 4.90 Å². The molecule has 0 bridgehead atoms. The Morgan fingerprint density at radius 2 is 1.88 bits per heavy atom. The van der Waals surface area contributed by atoms with Gasteiger partial charge in [0.1, 0.15) is 6.54 Å². The summed E-state index contributed by atoms with van der Waals surface area (Å²) >= 11 is 0.807. The molecule has 0 radical (unpaired) electrons. The minimum absolute atomic E-state index is 0.241. The van der Waals surface area contributed by atoms with Crippen LogP contribution in [0, 0.1) is 6.92 Å². The maximum absolute atomic E-state index is 12.9. The number of carbonyl (C=O) groups excluding carboxylic acids is 3. The predicted octanol–water partition coefficient (Wildman–Crippen LogP) is 5.20. The molecule has 2 aromatic carbocycles. The lowest BCUT2D eigenvalue weighted by molar-refractivity contribution is -0.127. The van der Waals surface area contributed by atoms with E-state index in [1.165, 1.54) is 0 Å². The second-order valence-corrected chi connectivity index (χ2v) is 8.49. The van der Waals surface area contributed by atoms with Crippen LogP contribution < -0.4 is 14.8 Å². The van der Waals surface area contributed by atoms with Crippen molar-refractivity contribution in [2.75, 3.05) is 25.1 Å². The Hall–Kier alpha value is -3.52. The maximum Gasteiger partial charge on any atom is 0.294 e. The number of imide groups is 1. The van der Waals surface area contributed by atoms with Gasteiger partial charge in [0.15, 0.2) is 11.5 Å². The second-order valence-electron chi connectivity index (χ2n) is 7.50. The van der Waals surface area contributed by atoms with E-state index in [1.807, 2.05) is 39.0 Å². The molecule has 34 heavy (non-hydrogen) atoms. The summed E-state index contributed by atoms with van der Waals surface area (Å²) in [7, 11) is 0. The van der Waals surface area contributed by atoms with Crippen molar-refractivity contribution >= 4 is 40.6 Å². The lowest BCUT2D eigenvalue weighted by atomic mass is 10.0. The highest BCUT2D eigenvalue weighted by atomic mass is 32.2. The fourth-order valence-electron chi connectivity index (χ4n) is 3.48. The van der Waals surface area contributed by atoms with Crippen molar-refractivity contribution in [1.29, 1.82) is 0 Å². The Morgan fingerprint density at radius 1 is 1.15 bits per heavy atom. The second kappa shape index (κ2) is 11.6. The van der Waals surface area contributed by atoms with Gasteiger partial charge in [0.2, 0.25) is 5.91 Å². The highest BCUT2D eigenvalue weighted by Crippen LogP contribution is 2.37. The Kier molecular flexibility index (Phi) is 8.54. The average molecular weight is 481 g/mol. The third-order valence-corrected chi connectivity index (χ3v) is 5.91. The van der Waals surface area contributed by atoms with Gasteiger partial charge in [-0.05, 0) is 74.4 Å². The normalized spacial score (nSPS) is 14.4. The molecule has 7 nitrogen and oxygen atoms in total. The Labute approximate surface area is 203 Å². The van der Waals surface area contributed by atoms with Crippen LogP contribution in [0.4, 0.5) is 10.5 Å². The number of para-hydroxylation sites is 1. The van der Waals surface area contributed by atoms with Gasteiger partial charge >= 0.3 is 0 Å². The number of nitrogens with one attached hydrogen (secondary N) is 1. The summed E-state index contributed by atoms with van der Waals surface area (Å²) in [5.41, 5.74) is 3.09. The number of anilines is 1. The first-order chi connectivity index (χ1) is 16.4. The Balaban J connectivity index is 1.83. The first kappa shape index (κ1) is 25.1. The first-order valence-corrected chi connectivity index (χ1v) is 11.8. The summed E-state index contributed by atoms with van der Waals surface area (Å²) < 4.78 is 11.5. The van der Waals surface area contributed by atoms with Crippen LogP contribution in [0.25, 0.3) is 6.08 Å². The number of amides is 3. The quantitative estimate of drug-likeness (QED) is 0.372. The van der Waals surface area contributed by atoms with Gasteiger partial charge in [-0.3, -0.25) is 19.3 Å². The molecular formula is C26H28N2O5S. The van der Waals surface area contributed by atoms with Gasteiger partial charge in [0.25, 0.3) is 11.1 Å². The summed E-state index contributed by atoms with van der Waals surface area (Å²) in [5.74, 6) is 0.257. The lowest BCUT2D eigenvalue weighted by Crippen LogP contribution is -2.36. The number of thioether (sulfide) groups is 1. The molecule has 2 aromatic rings. The summed E-state index contributed by atoms with van der Waals surface area (Å²) in [5, 5.41) is 2.26. The van der Waals surface area contributed by atoms with E-state index >= 15 is 0 Å². The standard InChI is InChI=1S/C26H28N2O5S/c1-5-10-19-13-18(14-21(32-6-2)24(19)33-7-3)15-22-25(30)28(26(31)34-22)16-23(29)27-20-12-9-8-11-17(20)4/h5,8-9,11-15H,1,6-7,10,16H2,2-4H3,(H,27,29)/b22-15+. The number of ether oxygens (including phenoxy) is 2. The van der Waals surface area contributed by atoms with Crippen molar-refractivity contribution in [3.63, 3.8) is 0 Å². The maximum atomic E-state index is 12.9. The first-order valence-electron chi connectivity index (χ1n) is 11.0. The van der Waals surface area contributed by atoms with Crippen LogP contribution in [0.15, 0.2) is 54.0 Å². The van der Waals surface area contributed by atoms with Gasteiger partial charge < -0.3 is 14.8 Å². The van der Waals surface area contributed by atoms with Gasteiger partial charge in [0, 0.05) is 11.3 Å². The molecule has 0 spiro atoms. The molecule has 1 saturated heterocycles. The number of benzene rings is 2. The van der Waals surface area contributed by atoms with Crippen molar-refractivity contribution in [3.8, 4) is 11.5 Å². The summed E-state index contributed by atoms with van der Waals surface area (Å²) in [6, 6.07) is 11.0. The minimum Gasteiger partial charge on any atom is -0.490 e. The van der Waals surface area contributed by atoms with Crippen LogP contribution in [0.5, 0.6) is 11.5 Å². The van der Waals surface area contributed by atoms with Crippen LogP contribution in [0.1, 0.15) is 30.5 Å².